The predicted molar refractivity (Wildman–Crippen MR) is 42.6 cm³/mol. The van der Waals surface area contributed by atoms with Crippen molar-refractivity contribution in [2.75, 3.05) is 11.9 Å². The van der Waals surface area contributed by atoms with E-state index in [1.165, 1.54) is 11.0 Å². The first-order valence-corrected chi connectivity index (χ1v) is 3.22. The minimum absolute atomic E-state index is 0.113. The molecule has 0 fully saturated rings. The molecule has 3 heteroatoms. The number of carbonyl (C=O) groups is 1. The van der Waals surface area contributed by atoms with Gasteiger partial charge in [0.2, 0.25) is 6.41 Å². The van der Waals surface area contributed by atoms with Crippen LogP contribution in [0.5, 0.6) is 5.75 Å². The zero-order valence-corrected chi connectivity index (χ0v) is 6.19. The van der Waals surface area contributed by atoms with Crippen LogP contribution in [0.1, 0.15) is 0 Å². The molecule has 0 aliphatic rings. The maximum atomic E-state index is 10.3. The average molecular weight is 151 g/mol. The second-order valence-corrected chi connectivity index (χ2v) is 2.21. The Morgan fingerprint density at radius 1 is 1.45 bits per heavy atom. The van der Waals surface area contributed by atoms with Gasteiger partial charge in [0, 0.05) is 7.05 Å². The summed E-state index contributed by atoms with van der Waals surface area (Å²) in [6.45, 7) is 0. The number of hydrogen-bond donors (Lipinski definition) is 1. The van der Waals surface area contributed by atoms with Gasteiger partial charge in [0.1, 0.15) is 5.75 Å². The topological polar surface area (TPSA) is 40.5 Å². The molecule has 0 radical (unpaired) electrons. The molecule has 0 saturated carbocycles. The number of aromatic hydroxyl groups is 1. The Hall–Kier alpha value is -1.51. The van der Waals surface area contributed by atoms with E-state index in [9.17, 15) is 9.90 Å². The van der Waals surface area contributed by atoms with Gasteiger partial charge in [-0.25, -0.2) is 0 Å². The van der Waals surface area contributed by atoms with Gasteiger partial charge in [-0.1, -0.05) is 12.1 Å². The van der Waals surface area contributed by atoms with Crippen molar-refractivity contribution in [1.82, 2.24) is 0 Å². The monoisotopic (exact) mass is 151 g/mol. The smallest absolute Gasteiger partial charge is 0.213 e. The largest absolute Gasteiger partial charge is 0.506 e. The van der Waals surface area contributed by atoms with Crippen LogP contribution in [0.15, 0.2) is 24.3 Å². The third-order valence-electron chi connectivity index (χ3n) is 1.42. The van der Waals surface area contributed by atoms with Crippen molar-refractivity contribution in [3.8, 4) is 5.75 Å². The number of phenols is 1. The van der Waals surface area contributed by atoms with Gasteiger partial charge in [0.15, 0.2) is 0 Å². The summed E-state index contributed by atoms with van der Waals surface area (Å²) in [6.07, 6.45) is 0.648. The van der Waals surface area contributed by atoms with Crippen LogP contribution in [0.25, 0.3) is 0 Å². The lowest BCUT2D eigenvalue weighted by molar-refractivity contribution is -0.107. The van der Waals surface area contributed by atoms with Crippen LogP contribution in [-0.2, 0) is 4.79 Å². The predicted octanol–water partition coefficient (Wildman–Crippen LogP) is 0.985. The van der Waals surface area contributed by atoms with Crippen molar-refractivity contribution in [2.45, 2.75) is 0 Å². The highest BCUT2D eigenvalue weighted by atomic mass is 16.3. The Balaban J connectivity index is 3.02. The molecule has 1 N–H and O–H groups in total. The molecule has 0 aliphatic carbocycles. The number of rotatable bonds is 2. The molecular formula is C8H9NO2. The molecule has 0 heterocycles. The lowest BCUT2D eigenvalue weighted by Gasteiger charge is -2.11. The van der Waals surface area contributed by atoms with E-state index < -0.39 is 0 Å². The Labute approximate surface area is 64.9 Å². The fraction of sp³-hybridized carbons (Fsp3) is 0.125. The highest BCUT2D eigenvalue weighted by molar-refractivity contribution is 5.77. The fourth-order valence-corrected chi connectivity index (χ4v) is 0.819. The Kier molecular flexibility index (Phi) is 2.11. The Bertz CT molecular complexity index is 260. The van der Waals surface area contributed by atoms with Crippen LogP contribution >= 0.6 is 0 Å². The number of nitrogens with zero attached hydrogens (tertiary/aromatic N) is 1. The van der Waals surface area contributed by atoms with E-state index in [0.29, 0.717) is 12.1 Å². The summed E-state index contributed by atoms with van der Waals surface area (Å²) in [7, 11) is 1.59. The number of benzene rings is 1. The van der Waals surface area contributed by atoms with Gasteiger partial charge < -0.3 is 10.0 Å². The van der Waals surface area contributed by atoms with Crippen molar-refractivity contribution >= 4 is 12.1 Å². The summed E-state index contributed by atoms with van der Waals surface area (Å²) in [5, 5.41) is 9.21. The summed E-state index contributed by atoms with van der Waals surface area (Å²) in [5.41, 5.74) is 0.516. The van der Waals surface area contributed by atoms with Gasteiger partial charge in [-0.3, -0.25) is 4.79 Å². The molecule has 0 bridgehead atoms. The van der Waals surface area contributed by atoms with E-state index >= 15 is 0 Å². The molecule has 58 valence electrons. The molecule has 0 aromatic heterocycles. The molecule has 3 nitrogen and oxygen atoms in total. The first kappa shape index (κ1) is 7.60. The van der Waals surface area contributed by atoms with Crippen LogP contribution in [0.4, 0.5) is 5.69 Å². The highest BCUT2D eigenvalue weighted by Gasteiger charge is 2.02. The van der Waals surface area contributed by atoms with Gasteiger partial charge in [-0.15, -0.1) is 0 Å². The summed E-state index contributed by atoms with van der Waals surface area (Å²) in [6, 6.07) is 6.67. The van der Waals surface area contributed by atoms with E-state index in [4.69, 9.17) is 0 Å². The molecule has 1 rings (SSSR count). The van der Waals surface area contributed by atoms with E-state index in [1.807, 2.05) is 0 Å². The lowest BCUT2D eigenvalue weighted by atomic mass is 10.3. The third kappa shape index (κ3) is 1.49. The summed E-state index contributed by atoms with van der Waals surface area (Å²) in [4.78, 5) is 11.6. The molecule has 1 aromatic rings. The molecule has 0 spiro atoms. The quantitative estimate of drug-likeness (QED) is 0.640. The van der Waals surface area contributed by atoms with Crippen molar-refractivity contribution in [3.05, 3.63) is 24.3 Å². The van der Waals surface area contributed by atoms with Gasteiger partial charge >= 0.3 is 0 Å². The molecule has 0 aliphatic heterocycles. The average Bonchev–Trinajstić information content (AvgIpc) is 2.04. The van der Waals surface area contributed by atoms with Crippen molar-refractivity contribution in [2.24, 2.45) is 0 Å². The van der Waals surface area contributed by atoms with Crippen LogP contribution < -0.4 is 4.90 Å². The van der Waals surface area contributed by atoms with E-state index in [-0.39, 0.29) is 5.75 Å². The third-order valence-corrected chi connectivity index (χ3v) is 1.42. The SMILES string of the molecule is CN(C=O)c1ccccc1O. The van der Waals surface area contributed by atoms with Gasteiger partial charge in [-0.05, 0) is 12.1 Å². The second-order valence-electron chi connectivity index (χ2n) is 2.21. The van der Waals surface area contributed by atoms with Crippen LogP contribution in [0, 0.1) is 0 Å². The maximum Gasteiger partial charge on any atom is 0.213 e. The number of amides is 1. The second kappa shape index (κ2) is 3.05. The van der Waals surface area contributed by atoms with Crippen molar-refractivity contribution in [3.63, 3.8) is 0 Å². The molecule has 11 heavy (non-hydrogen) atoms. The number of anilines is 1. The van der Waals surface area contributed by atoms with E-state index in [2.05, 4.69) is 0 Å². The first-order valence-electron chi connectivity index (χ1n) is 3.22. The van der Waals surface area contributed by atoms with Crippen molar-refractivity contribution < 1.29 is 9.90 Å². The van der Waals surface area contributed by atoms with Crippen LogP contribution in [0.3, 0.4) is 0 Å². The number of carbonyl (C=O) groups excluding carboxylic acids is 1. The minimum atomic E-state index is 0.113. The molecule has 0 unspecified atom stereocenters. The summed E-state index contributed by atoms with van der Waals surface area (Å²) in [5.74, 6) is 0.113. The summed E-state index contributed by atoms with van der Waals surface area (Å²) >= 11 is 0. The minimum Gasteiger partial charge on any atom is -0.506 e. The standard InChI is InChI=1S/C8H9NO2/c1-9(6-10)7-4-2-3-5-8(7)11/h2-6,11H,1H3. The van der Waals surface area contributed by atoms with Crippen LogP contribution in [0.2, 0.25) is 0 Å². The Morgan fingerprint density at radius 3 is 2.64 bits per heavy atom. The Morgan fingerprint density at radius 2 is 2.09 bits per heavy atom. The first-order chi connectivity index (χ1) is 5.25. The molecular weight excluding hydrogens is 142 g/mol. The highest BCUT2D eigenvalue weighted by Crippen LogP contribution is 2.23. The number of para-hydroxylation sites is 2. The zero-order valence-electron chi connectivity index (χ0n) is 6.19. The fourth-order valence-electron chi connectivity index (χ4n) is 0.819. The van der Waals surface area contributed by atoms with E-state index in [0.717, 1.165) is 0 Å². The normalized spacial score (nSPS) is 9.18. The van der Waals surface area contributed by atoms with Crippen molar-refractivity contribution in [1.29, 1.82) is 0 Å². The summed E-state index contributed by atoms with van der Waals surface area (Å²) < 4.78 is 0. The molecule has 0 saturated heterocycles. The van der Waals surface area contributed by atoms with E-state index in [1.54, 1.807) is 25.2 Å². The van der Waals surface area contributed by atoms with Gasteiger partial charge in [-0.2, -0.15) is 0 Å². The number of hydrogen-bond acceptors (Lipinski definition) is 2. The lowest BCUT2D eigenvalue weighted by Crippen LogP contribution is -2.13. The molecule has 1 amide bonds. The number of phenolic OH excluding ortho intramolecular Hbond substituents is 1. The molecule has 1 aromatic carbocycles. The van der Waals surface area contributed by atoms with Gasteiger partial charge in [0.05, 0.1) is 5.69 Å². The maximum absolute atomic E-state index is 10.3. The van der Waals surface area contributed by atoms with Crippen LogP contribution in [-0.4, -0.2) is 18.6 Å². The van der Waals surface area contributed by atoms with Gasteiger partial charge in [0.25, 0.3) is 0 Å². The molecule has 0 atom stereocenters. The zero-order chi connectivity index (χ0) is 8.27.